The molecule has 0 bridgehead atoms. The normalized spacial score (nSPS) is 12.4. The van der Waals surface area contributed by atoms with E-state index in [1.165, 1.54) is 4.88 Å². The lowest BCUT2D eigenvalue weighted by Crippen LogP contribution is -2.01. The number of ether oxygens (including phenoxy) is 1. The number of aryl methyl sites for hydroxylation is 1. The molecule has 1 aromatic heterocycles. The number of methoxy groups -OCH3 is 1. The summed E-state index contributed by atoms with van der Waals surface area (Å²) in [5, 5.41) is 10.2. The lowest BCUT2D eigenvalue weighted by molar-refractivity contribution is 0.179. The van der Waals surface area contributed by atoms with Gasteiger partial charge in [0.2, 0.25) is 0 Å². The molecule has 1 unspecified atom stereocenters. The summed E-state index contributed by atoms with van der Waals surface area (Å²) in [7, 11) is 1.65. The van der Waals surface area contributed by atoms with Crippen molar-refractivity contribution in [1.29, 1.82) is 0 Å². The van der Waals surface area contributed by atoms with Gasteiger partial charge in [0.25, 0.3) is 0 Å². The first-order chi connectivity index (χ1) is 8.60. The summed E-state index contributed by atoms with van der Waals surface area (Å²) in [6.07, 6.45) is 0.169. The van der Waals surface area contributed by atoms with Crippen molar-refractivity contribution in [3.8, 4) is 5.75 Å². The van der Waals surface area contributed by atoms with E-state index in [-0.39, 0.29) is 0 Å². The van der Waals surface area contributed by atoms with Crippen molar-refractivity contribution in [3.63, 3.8) is 0 Å². The zero-order chi connectivity index (χ0) is 13.1. The first-order valence-corrected chi connectivity index (χ1v) is 7.28. The van der Waals surface area contributed by atoms with Crippen LogP contribution in [0.1, 0.15) is 22.1 Å². The van der Waals surface area contributed by atoms with Crippen LogP contribution < -0.4 is 4.74 Å². The van der Waals surface area contributed by atoms with Gasteiger partial charge in [0.1, 0.15) is 5.75 Å². The molecule has 1 heterocycles. The second-order valence-electron chi connectivity index (χ2n) is 4.15. The molecule has 1 aromatic carbocycles. The number of benzene rings is 1. The largest absolute Gasteiger partial charge is 0.496 e. The molecule has 0 fully saturated rings. The van der Waals surface area contributed by atoms with E-state index in [4.69, 9.17) is 4.74 Å². The first kappa shape index (κ1) is 13.6. The van der Waals surface area contributed by atoms with Crippen LogP contribution in [0.15, 0.2) is 34.1 Å². The molecule has 0 saturated heterocycles. The Morgan fingerprint density at radius 2 is 2.11 bits per heavy atom. The van der Waals surface area contributed by atoms with Crippen molar-refractivity contribution in [2.24, 2.45) is 0 Å². The lowest BCUT2D eigenvalue weighted by atomic mass is 10.0. The average molecular weight is 327 g/mol. The summed E-state index contributed by atoms with van der Waals surface area (Å²) in [4.78, 5) is 1.17. The Labute approximate surface area is 119 Å². The molecule has 0 aliphatic rings. The molecule has 0 spiro atoms. The smallest absolute Gasteiger partial charge is 0.121 e. The topological polar surface area (TPSA) is 29.5 Å². The van der Waals surface area contributed by atoms with Crippen molar-refractivity contribution in [2.45, 2.75) is 19.4 Å². The van der Waals surface area contributed by atoms with Gasteiger partial charge < -0.3 is 9.84 Å². The van der Waals surface area contributed by atoms with Crippen LogP contribution in [0.25, 0.3) is 0 Å². The van der Waals surface area contributed by atoms with Crippen molar-refractivity contribution in [1.82, 2.24) is 0 Å². The molecular weight excluding hydrogens is 312 g/mol. The minimum Gasteiger partial charge on any atom is -0.496 e. The highest BCUT2D eigenvalue weighted by molar-refractivity contribution is 9.11. The Hall–Kier alpha value is -0.840. The van der Waals surface area contributed by atoms with Gasteiger partial charge in [-0.1, -0.05) is 6.07 Å². The third-order valence-electron chi connectivity index (χ3n) is 2.83. The first-order valence-electron chi connectivity index (χ1n) is 5.67. The fourth-order valence-electron chi connectivity index (χ4n) is 1.88. The molecular formula is C14H15BrO2S. The number of hydrogen-bond donors (Lipinski definition) is 1. The Balaban J connectivity index is 2.13. The molecule has 2 rings (SSSR count). The van der Waals surface area contributed by atoms with Gasteiger partial charge in [-0.25, -0.2) is 0 Å². The van der Waals surface area contributed by atoms with Crippen LogP contribution in [0.3, 0.4) is 0 Å². The van der Waals surface area contributed by atoms with Gasteiger partial charge >= 0.3 is 0 Å². The van der Waals surface area contributed by atoms with Gasteiger partial charge in [0.15, 0.2) is 0 Å². The SMILES string of the molecule is COc1ccc(C(O)Cc2ccc(Br)s2)cc1C. The molecule has 0 aliphatic carbocycles. The molecule has 0 radical (unpaired) electrons. The van der Waals surface area contributed by atoms with Crippen molar-refractivity contribution in [2.75, 3.05) is 7.11 Å². The minimum atomic E-state index is -0.472. The molecule has 96 valence electrons. The maximum absolute atomic E-state index is 10.2. The third kappa shape index (κ3) is 3.13. The highest BCUT2D eigenvalue weighted by Gasteiger charge is 2.11. The fourth-order valence-corrected chi connectivity index (χ4v) is 3.40. The Bertz CT molecular complexity index is 536. The van der Waals surface area contributed by atoms with Gasteiger partial charge in [0.05, 0.1) is 17.0 Å². The zero-order valence-electron chi connectivity index (χ0n) is 10.3. The minimum absolute atomic E-state index is 0.472. The van der Waals surface area contributed by atoms with Crippen LogP contribution in [0, 0.1) is 6.92 Å². The van der Waals surface area contributed by atoms with E-state index < -0.39 is 6.10 Å². The molecule has 0 aliphatic heterocycles. The molecule has 1 atom stereocenters. The summed E-state index contributed by atoms with van der Waals surface area (Å²) < 4.78 is 6.31. The van der Waals surface area contributed by atoms with Crippen LogP contribution in [0.2, 0.25) is 0 Å². The fraction of sp³-hybridized carbons (Fsp3) is 0.286. The van der Waals surface area contributed by atoms with Gasteiger partial charge in [-0.2, -0.15) is 0 Å². The van der Waals surface area contributed by atoms with E-state index in [0.717, 1.165) is 20.7 Å². The lowest BCUT2D eigenvalue weighted by Gasteiger charge is -2.12. The van der Waals surface area contributed by atoms with Crippen LogP contribution in [-0.2, 0) is 6.42 Å². The van der Waals surface area contributed by atoms with Gasteiger partial charge in [-0.15, -0.1) is 11.3 Å². The van der Waals surface area contributed by atoms with Crippen molar-refractivity contribution < 1.29 is 9.84 Å². The van der Waals surface area contributed by atoms with E-state index in [0.29, 0.717) is 6.42 Å². The van der Waals surface area contributed by atoms with Crippen molar-refractivity contribution >= 4 is 27.3 Å². The van der Waals surface area contributed by atoms with E-state index in [1.807, 2.05) is 37.3 Å². The van der Waals surface area contributed by atoms with E-state index >= 15 is 0 Å². The third-order valence-corrected chi connectivity index (χ3v) is 4.47. The summed E-state index contributed by atoms with van der Waals surface area (Å²) >= 11 is 5.08. The van der Waals surface area contributed by atoms with Crippen molar-refractivity contribution in [3.05, 3.63) is 50.1 Å². The quantitative estimate of drug-likeness (QED) is 0.916. The highest BCUT2D eigenvalue weighted by atomic mass is 79.9. The molecule has 4 heteroatoms. The number of hydrogen-bond acceptors (Lipinski definition) is 3. The number of aliphatic hydroxyl groups excluding tert-OH is 1. The van der Waals surface area contributed by atoms with Crippen LogP contribution in [-0.4, -0.2) is 12.2 Å². The summed E-state index contributed by atoms with van der Waals surface area (Å²) in [5.74, 6) is 0.852. The number of thiophene rings is 1. The van der Waals surface area contributed by atoms with Gasteiger partial charge in [0, 0.05) is 11.3 Å². The van der Waals surface area contributed by atoms with E-state index in [2.05, 4.69) is 15.9 Å². The second-order valence-corrected chi connectivity index (χ2v) is 6.70. The number of rotatable bonds is 4. The van der Waals surface area contributed by atoms with Crippen LogP contribution in [0.5, 0.6) is 5.75 Å². The molecule has 18 heavy (non-hydrogen) atoms. The van der Waals surface area contributed by atoms with E-state index in [9.17, 15) is 5.11 Å². The highest BCUT2D eigenvalue weighted by Crippen LogP contribution is 2.28. The van der Waals surface area contributed by atoms with Gasteiger partial charge in [-0.05, 0) is 58.2 Å². The number of halogens is 1. The van der Waals surface area contributed by atoms with Crippen LogP contribution in [0.4, 0.5) is 0 Å². The number of aliphatic hydroxyl groups is 1. The molecule has 0 amide bonds. The van der Waals surface area contributed by atoms with Gasteiger partial charge in [-0.3, -0.25) is 0 Å². The molecule has 0 saturated carbocycles. The Kier molecular flexibility index (Phi) is 4.43. The molecule has 1 N–H and O–H groups in total. The maximum atomic E-state index is 10.2. The second kappa shape index (κ2) is 5.87. The van der Waals surface area contributed by atoms with Crippen LogP contribution >= 0.6 is 27.3 Å². The standard InChI is InChI=1S/C14H15BrO2S/c1-9-7-10(3-5-13(9)17-2)12(16)8-11-4-6-14(15)18-11/h3-7,12,16H,8H2,1-2H3. The molecule has 2 aromatic rings. The molecule has 2 nitrogen and oxygen atoms in total. The predicted molar refractivity (Wildman–Crippen MR) is 78.4 cm³/mol. The summed E-state index contributed by atoms with van der Waals surface area (Å²) in [5.41, 5.74) is 1.97. The monoisotopic (exact) mass is 326 g/mol. The Morgan fingerprint density at radius 1 is 1.33 bits per heavy atom. The average Bonchev–Trinajstić information content (AvgIpc) is 2.74. The Morgan fingerprint density at radius 3 is 2.67 bits per heavy atom. The zero-order valence-corrected chi connectivity index (χ0v) is 12.7. The maximum Gasteiger partial charge on any atom is 0.121 e. The van der Waals surface area contributed by atoms with E-state index in [1.54, 1.807) is 18.4 Å². The summed E-state index contributed by atoms with van der Waals surface area (Å²) in [6.45, 7) is 1.98. The summed E-state index contributed by atoms with van der Waals surface area (Å²) in [6, 6.07) is 9.84. The predicted octanol–water partition coefficient (Wildman–Crippen LogP) is 4.10.